The Hall–Kier alpha value is -1.33. The first-order valence-corrected chi connectivity index (χ1v) is 6.06. The summed E-state index contributed by atoms with van der Waals surface area (Å²) in [5, 5.41) is 0.199. The van der Waals surface area contributed by atoms with Crippen LogP contribution in [0.3, 0.4) is 0 Å². The zero-order valence-electron chi connectivity index (χ0n) is 9.65. The summed E-state index contributed by atoms with van der Waals surface area (Å²) in [6.45, 7) is 1.81. The van der Waals surface area contributed by atoms with E-state index in [1.165, 1.54) is 0 Å². The molecule has 0 saturated carbocycles. The van der Waals surface area contributed by atoms with Gasteiger partial charge in [-0.05, 0) is 18.6 Å². The smallest absolute Gasteiger partial charge is 0.194 e. The van der Waals surface area contributed by atoms with Crippen LogP contribution in [0.1, 0.15) is 12.5 Å². The zero-order chi connectivity index (χ0) is 14.2. The van der Waals surface area contributed by atoms with Gasteiger partial charge in [0, 0.05) is 11.1 Å². The first kappa shape index (κ1) is 14.1. The first-order valence-electron chi connectivity index (χ1n) is 5.30. The van der Waals surface area contributed by atoms with Crippen LogP contribution in [0.25, 0.3) is 11.4 Å². The molecule has 0 aliphatic rings. The van der Waals surface area contributed by atoms with E-state index in [0.717, 1.165) is 12.1 Å². The molecule has 0 radical (unpaired) electrons. The molecular weight excluding hydrogens is 300 g/mol. The highest BCUT2D eigenvalue weighted by Gasteiger charge is 2.16. The number of hydrogen-bond acceptors (Lipinski definition) is 2. The average Bonchev–Trinajstić information content (AvgIpc) is 2.35. The van der Waals surface area contributed by atoms with Crippen molar-refractivity contribution in [1.29, 1.82) is 0 Å². The largest absolute Gasteiger partial charge is 0.216 e. The third-order valence-corrected chi connectivity index (χ3v) is 3.13. The molecule has 1 aromatic heterocycles. The molecule has 100 valence electrons. The van der Waals surface area contributed by atoms with Gasteiger partial charge in [-0.15, -0.1) is 0 Å². The number of halogens is 5. The molecule has 7 heteroatoms. The van der Waals surface area contributed by atoms with Gasteiger partial charge in [-0.3, -0.25) is 0 Å². The highest BCUT2D eigenvalue weighted by Crippen LogP contribution is 2.27. The second-order valence-corrected chi connectivity index (χ2v) is 4.43. The average molecular weight is 307 g/mol. The predicted molar refractivity (Wildman–Crippen MR) is 66.7 cm³/mol. The van der Waals surface area contributed by atoms with E-state index >= 15 is 0 Å². The van der Waals surface area contributed by atoms with Crippen molar-refractivity contribution < 1.29 is 13.2 Å². The molecule has 2 rings (SSSR count). The standard InChI is InChI=1S/C12H7Cl2F3N2/c1-2-6-10(13)18-12(19-11(6)14)5-3-7(15)9(17)8(16)4-5/h3-4H,2H2,1H3. The number of nitrogens with zero attached hydrogens (tertiary/aromatic N) is 2. The maximum absolute atomic E-state index is 13.1. The monoisotopic (exact) mass is 306 g/mol. The van der Waals surface area contributed by atoms with E-state index in [1.807, 2.05) is 6.92 Å². The minimum atomic E-state index is -1.55. The molecule has 0 spiro atoms. The summed E-state index contributed by atoms with van der Waals surface area (Å²) in [7, 11) is 0. The SMILES string of the molecule is CCc1c(Cl)nc(-c2cc(F)c(F)c(F)c2)nc1Cl. The Balaban J connectivity index is 2.60. The second kappa shape index (κ2) is 5.35. The van der Waals surface area contributed by atoms with Gasteiger partial charge in [0.2, 0.25) is 0 Å². The topological polar surface area (TPSA) is 25.8 Å². The molecule has 0 saturated heterocycles. The van der Waals surface area contributed by atoms with Gasteiger partial charge >= 0.3 is 0 Å². The van der Waals surface area contributed by atoms with Crippen LogP contribution in [0.15, 0.2) is 12.1 Å². The van der Waals surface area contributed by atoms with Crippen LogP contribution in [0.5, 0.6) is 0 Å². The molecule has 1 heterocycles. The van der Waals surface area contributed by atoms with E-state index in [1.54, 1.807) is 0 Å². The lowest BCUT2D eigenvalue weighted by Gasteiger charge is -2.07. The molecule has 0 aliphatic heterocycles. The summed E-state index contributed by atoms with van der Waals surface area (Å²) in [4.78, 5) is 7.80. The van der Waals surface area contributed by atoms with Gasteiger partial charge in [0.15, 0.2) is 23.3 Å². The Bertz CT molecular complexity index is 601. The number of rotatable bonds is 2. The molecule has 0 N–H and O–H groups in total. The van der Waals surface area contributed by atoms with Crippen LogP contribution >= 0.6 is 23.2 Å². The van der Waals surface area contributed by atoms with E-state index < -0.39 is 17.5 Å². The van der Waals surface area contributed by atoms with E-state index in [-0.39, 0.29) is 21.7 Å². The van der Waals surface area contributed by atoms with Gasteiger partial charge in [-0.25, -0.2) is 23.1 Å². The number of hydrogen-bond donors (Lipinski definition) is 0. The molecule has 0 amide bonds. The summed E-state index contributed by atoms with van der Waals surface area (Å²) in [5.41, 5.74) is 0.498. The number of aromatic nitrogens is 2. The van der Waals surface area contributed by atoms with Crippen LogP contribution in [0.2, 0.25) is 10.3 Å². The van der Waals surface area contributed by atoms with E-state index in [2.05, 4.69) is 9.97 Å². The lowest BCUT2D eigenvalue weighted by Crippen LogP contribution is -1.99. The van der Waals surface area contributed by atoms with Crippen LogP contribution in [-0.2, 0) is 6.42 Å². The van der Waals surface area contributed by atoms with Crippen molar-refractivity contribution in [3.63, 3.8) is 0 Å². The van der Waals surface area contributed by atoms with Gasteiger partial charge in [-0.1, -0.05) is 30.1 Å². The fraction of sp³-hybridized carbons (Fsp3) is 0.167. The summed E-state index contributed by atoms with van der Waals surface area (Å²) >= 11 is 11.8. The maximum Gasteiger partial charge on any atom is 0.194 e. The molecule has 0 atom stereocenters. The highest BCUT2D eigenvalue weighted by atomic mass is 35.5. The van der Waals surface area contributed by atoms with Crippen molar-refractivity contribution in [2.75, 3.05) is 0 Å². The summed E-state index contributed by atoms with van der Waals surface area (Å²) in [5.74, 6) is -4.27. The zero-order valence-corrected chi connectivity index (χ0v) is 11.2. The van der Waals surface area contributed by atoms with Crippen LogP contribution in [0.4, 0.5) is 13.2 Å². The summed E-state index contributed by atoms with van der Waals surface area (Å²) in [6.07, 6.45) is 0.518. The highest BCUT2D eigenvalue weighted by molar-refractivity contribution is 6.34. The molecule has 1 aromatic carbocycles. The third-order valence-electron chi connectivity index (χ3n) is 2.50. The molecule has 2 aromatic rings. The van der Waals surface area contributed by atoms with Gasteiger partial charge in [-0.2, -0.15) is 0 Å². The quantitative estimate of drug-likeness (QED) is 0.606. The number of benzene rings is 1. The van der Waals surface area contributed by atoms with E-state index in [4.69, 9.17) is 23.2 Å². The van der Waals surface area contributed by atoms with E-state index in [0.29, 0.717) is 12.0 Å². The molecule has 2 nitrogen and oxygen atoms in total. The minimum Gasteiger partial charge on any atom is -0.216 e. The lowest BCUT2D eigenvalue weighted by atomic mass is 10.2. The van der Waals surface area contributed by atoms with Crippen molar-refractivity contribution >= 4 is 23.2 Å². The van der Waals surface area contributed by atoms with Crippen LogP contribution < -0.4 is 0 Å². The molecule has 0 aliphatic carbocycles. The first-order chi connectivity index (χ1) is 8.93. The molecule has 0 fully saturated rings. The molecular formula is C12H7Cl2F3N2. The Morgan fingerprint density at radius 3 is 1.89 bits per heavy atom. The van der Waals surface area contributed by atoms with E-state index in [9.17, 15) is 13.2 Å². The minimum absolute atomic E-state index is 0.0390. The molecule has 19 heavy (non-hydrogen) atoms. The summed E-state index contributed by atoms with van der Waals surface area (Å²) in [6, 6.07) is 1.57. The van der Waals surface area contributed by atoms with Gasteiger partial charge in [0.05, 0.1) is 0 Å². The fourth-order valence-electron chi connectivity index (χ4n) is 1.54. The van der Waals surface area contributed by atoms with Crippen molar-refractivity contribution in [2.24, 2.45) is 0 Å². The molecule has 0 bridgehead atoms. The van der Waals surface area contributed by atoms with Crippen molar-refractivity contribution in [3.05, 3.63) is 45.5 Å². The van der Waals surface area contributed by atoms with Crippen LogP contribution in [-0.4, -0.2) is 9.97 Å². The Morgan fingerprint density at radius 2 is 1.47 bits per heavy atom. The molecule has 0 unspecified atom stereocenters. The Kier molecular flexibility index (Phi) is 3.96. The van der Waals surface area contributed by atoms with Crippen molar-refractivity contribution in [3.8, 4) is 11.4 Å². The van der Waals surface area contributed by atoms with Crippen molar-refractivity contribution in [2.45, 2.75) is 13.3 Å². The second-order valence-electron chi connectivity index (χ2n) is 3.71. The van der Waals surface area contributed by atoms with Crippen LogP contribution in [0, 0.1) is 17.5 Å². The van der Waals surface area contributed by atoms with Crippen molar-refractivity contribution in [1.82, 2.24) is 9.97 Å². The van der Waals surface area contributed by atoms with Gasteiger partial charge in [0.1, 0.15) is 10.3 Å². The third kappa shape index (κ3) is 2.67. The van der Waals surface area contributed by atoms with Gasteiger partial charge < -0.3 is 0 Å². The normalized spacial score (nSPS) is 10.8. The Morgan fingerprint density at radius 1 is 1.00 bits per heavy atom. The Labute approximate surface area is 117 Å². The van der Waals surface area contributed by atoms with Gasteiger partial charge in [0.25, 0.3) is 0 Å². The summed E-state index contributed by atoms with van der Waals surface area (Å²) < 4.78 is 39.1. The fourth-order valence-corrected chi connectivity index (χ4v) is 2.19. The lowest BCUT2D eigenvalue weighted by molar-refractivity contribution is 0.447. The maximum atomic E-state index is 13.1. The predicted octanol–water partition coefficient (Wildman–Crippen LogP) is 4.43.